The molecule has 218 valence electrons. The largest absolute Gasteiger partial charge is 0.384 e. The number of piperidine rings is 1. The van der Waals surface area contributed by atoms with Crippen molar-refractivity contribution in [3.63, 3.8) is 0 Å². The van der Waals surface area contributed by atoms with Gasteiger partial charge in [0.15, 0.2) is 11.6 Å². The average molecular weight is 560 g/mol. The second-order valence-corrected chi connectivity index (χ2v) is 13.0. The van der Waals surface area contributed by atoms with Gasteiger partial charge in [-0.25, -0.2) is 4.39 Å². The van der Waals surface area contributed by atoms with E-state index in [1.54, 1.807) is 6.08 Å². The summed E-state index contributed by atoms with van der Waals surface area (Å²) in [5.41, 5.74) is 3.87. The predicted octanol–water partition coefficient (Wildman–Crippen LogP) is 5.72. The van der Waals surface area contributed by atoms with Crippen molar-refractivity contribution in [2.75, 3.05) is 38.3 Å². The van der Waals surface area contributed by atoms with Gasteiger partial charge in [0.05, 0.1) is 5.41 Å². The van der Waals surface area contributed by atoms with Crippen LogP contribution in [0.15, 0.2) is 47.1 Å². The molecule has 6 atom stereocenters. The van der Waals surface area contributed by atoms with E-state index in [9.17, 15) is 14.7 Å². The minimum Gasteiger partial charge on any atom is -0.384 e. The fourth-order valence-corrected chi connectivity index (χ4v) is 9.21. The van der Waals surface area contributed by atoms with Crippen LogP contribution in [0.2, 0.25) is 0 Å². The number of hydrogen-bond donors (Lipinski definition) is 1. The smallest absolute Gasteiger partial charge is 0.176 e. The van der Waals surface area contributed by atoms with Gasteiger partial charge in [0.1, 0.15) is 19.4 Å². The minimum atomic E-state index is -1.18. The van der Waals surface area contributed by atoms with E-state index in [4.69, 9.17) is 4.74 Å². The van der Waals surface area contributed by atoms with E-state index in [-0.39, 0.29) is 42.5 Å². The summed E-state index contributed by atoms with van der Waals surface area (Å²) in [5, 5.41) is 9.66. The first-order valence-corrected chi connectivity index (χ1v) is 15.4. The monoisotopic (exact) mass is 559 g/mol. The van der Waals surface area contributed by atoms with Gasteiger partial charge in [-0.05, 0) is 104 Å². The standard InChI is InChI=1S/C35H42FNO4/c1-34-21-29(23-7-9-24(10-8-23)37-16-4-3-5-17-37)33-26-12-11-25(39)19-27(26)31(36)20-28(33)30(34)13-15-35(34,14-6-18-38)32(40)22-41-2/h7-10,19,28-31,38H,3-5,11-13,15-18,20-22H2,1-2H3/t28-,29?,30-,31?,34-,35+/m0/s1. The van der Waals surface area contributed by atoms with Crippen LogP contribution in [0.3, 0.4) is 0 Å². The van der Waals surface area contributed by atoms with Gasteiger partial charge >= 0.3 is 0 Å². The van der Waals surface area contributed by atoms with Crippen LogP contribution < -0.4 is 4.90 Å². The van der Waals surface area contributed by atoms with Crippen molar-refractivity contribution in [2.24, 2.45) is 22.7 Å². The average Bonchev–Trinajstić information content (AvgIpc) is 3.29. The molecular weight excluding hydrogens is 517 g/mol. The number of allylic oxidation sites excluding steroid dienone is 4. The van der Waals surface area contributed by atoms with E-state index in [1.165, 1.54) is 43.2 Å². The van der Waals surface area contributed by atoms with Crippen molar-refractivity contribution in [1.82, 2.24) is 0 Å². The molecule has 0 radical (unpaired) electrons. The number of aliphatic hydroxyl groups excluding tert-OH is 1. The van der Waals surface area contributed by atoms with E-state index in [2.05, 4.69) is 47.9 Å². The summed E-state index contributed by atoms with van der Waals surface area (Å²) in [5.74, 6) is 6.14. The highest BCUT2D eigenvalue weighted by molar-refractivity contribution is 5.93. The number of nitrogens with zero attached hydrogens (tertiary/aromatic N) is 1. The Balaban J connectivity index is 1.49. The quantitative estimate of drug-likeness (QED) is 0.468. The third-order valence-electron chi connectivity index (χ3n) is 11.1. The number of aliphatic hydroxyl groups is 1. The molecule has 41 heavy (non-hydrogen) atoms. The van der Waals surface area contributed by atoms with Crippen molar-refractivity contribution >= 4 is 17.3 Å². The van der Waals surface area contributed by atoms with Crippen molar-refractivity contribution in [3.05, 3.63) is 52.6 Å². The van der Waals surface area contributed by atoms with Gasteiger partial charge in [-0.2, -0.15) is 0 Å². The predicted molar refractivity (Wildman–Crippen MR) is 157 cm³/mol. The van der Waals surface area contributed by atoms with Gasteiger partial charge in [0, 0.05) is 38.2 Å². The van der Waals surface area contributed by atoms with Crippen molar-refractivity contribution < 1.29 is 23.8 Å². The van der Waals surface area contributed by atoms with Crippen molar-refractivity contribution in [1.29, 1.82) is 0 Å². The Morgan fingerprint density at radius 1 is 1.17 bits per heavy atom. The van der Waals surface area contributed by atoms with Gasteiger partial charge in [-0.1, -0.05) is 36.5 Å². The molecule has 1 aliphatic heterocycles. The zero-order valence-corrected chi connectivity index (χ0v) is 24.4. The molecular formula is C35H42FNO4. The normalized spacial score (nSPS) is 34.7. The molecule has 0 aromatic heterocycles. The Morgan fingerprint density at radius 2 is 1.93 bits per heavy atom. The maximum atomic E-state index is 15.9. The molecule has 5 aliphatic rings. The van der Waals surface area contributed by atoms with E-state index in [1.807, 2.05) is 0 Å². The minimum absolute atomic E-state index is 0.000459. The molecule has 1 aromatic rings. The first-order chi connectivity index (χ1) is 19.8. The van der Waals surface area contributed by atoms with E-state index < -0.39 is 17.0 Å². The van der Waals surface area contributed by atoms with Crippen LogP contribution in [-0.2, 0) is 14.3 Å². The second-order valence-electron chi connectivity index (χ2n) is 13.0. The number of ether oxygens (including phenoxy) is 1. The fourth-order valence-electron chi connectivity index (χ4n) is 9.21. The Kier molecular flexibility index (Phi) is 7.72. The van der Waals surface area contributed by atoms with Crippen LogP contribution in [0.1, 0.15) is 76.2 Å². The Labute approximate surface area is 243 Å². The summed E-state index contributed by atoms with van der Waals surface area (Å²) in [7, 11) is 1.53. The van der Waals surface area contributed by atoms with Crippen LogP contribution >= 0.6 is 0 Å². The lowest BCUT2D eigenvalue weighted by Crippen LogP contribution is -2.52. The number of ketones is 2. The topological polar surface area (TPSA) is 66.8 Å². The molecule has 6 heteroatoms. The molecule has 1 aromatic carbocycles. The maximum Gasteiger partial charge on any atom is 0.176 e. The number of benzene rings is 1. The van der Waals surface area contributed by atoms with Gasteiger partial charge < -0.3 is 14.7 Å². The van der Waals surface area contributed by atoms with Crippen LogP contribution in [-0.4, -0.2) is 56.3 Å². The molecule has 0 spiro atoms. The third kappa shape index (κ3) is 4.61. The molecule has 4 aliphatic carbocycles. The molecule has 1 heterocycles. The highest BCUT2D eigenvalue weighted by Gasteiger charge is 2.66. The van der Waals surface area contributed by atoms with Gasteiger partial charge in [0.2, 0.25) is 0 Å². The summed E-state index contributed by atoms with van der Waals surface area (Å²) >= 11 is 0. The lowest BCUT2D eigenvalue weighted by Gasteiger charge is -2.55. The highest BCUT2D eigenvalue weighted by atomic mass is 19.1. The van der Waals surface area contributed by atoms with Gasteiger partial charge in [-0.3, -0.25) is 9.59 Å². The number of Topliss-reactive ketones (excluding diaryl/α,β-unsaturated/α-hetero) is 1. The van der Waals surface area contributed by atoms with E-state index >= 15 is 4.39 Å². The molecule has 2 saturated carbocycles. The second kappa shape index (κ2) is 11.2. The number of anilines is 1. The summed E-state index contributed by atoms with van der Waals surface area (Å²) < 4.78 is 21.2. The summed E-state index contributed by atoms with van der Waals surface area (Å²) in [6, 6.07) is 8.91. The molecule has 1 N–H and O–H groups in total. The Morgan fingerprint density at radius 3 is 2.63 bits per heavy atom. The summed E-state index contributed by atoms with van der Waals surface area (Å²) in [4.78, 5) is 28.7. The molecule has 2 unspecified atom stereocenters. The van der Waals surface area contributed by atoms with Crippen molar-refractivity contribution in [3.8, 4) is 11.8 Å². The van der Waals surface area contributed by atoms with Crippen LogP contribution in [0.4, 0.5) is 10.1 Å². The molecule has 0 bridgehead atoms. The molecule has 1 saturated heterocycles. The number of carbonyl (C=O) groups excluding carboxylic acids is 2. The fraction of sp³-hybridized carbons (Fsp3) is 0.600. The number of rotatable bonds is 5. The van der Waals surface area contributed by atoms with Crippen LogP contribution in [0, 0.1) is 34.5 Å². The first-order valence-electron chi connectivity index (χ1n) is 15.4. The summed E-state index contributed by atoms with van der Waals surface area (Å²) in [6.07, 6.45) is 7.51. The number of hydrogen-bond acceptors (Lipinski definition) is 5. The van der Waals surface area contributed by atoms with E-state index in [0.717, 1.165) is 25.1 Å². The molecule has 6 rings (SSSR count). The van der Waals surface area contributed by atoms with Crippen LogP contribution in [0.5, 0.6) is 0 Å². The molecule has 3 fully saturated rings. The van der Waals surface area contributed by atoms with Gasteiger partial charge in [0.25, 0.3) is 0 Å². The molecule has 5 nitrogen and oxygen atoms in total. The maximum absolute atomic E-state index is 15.9. The number of halogens is 1. The van der Waals surface area contributed by atoms with Crippen LogP contribution in [0.25, 0.3) is 0 Å². The zero-order chi connectivity index (χ0) is 28.8. The van der Waals surface area contributed by atoms with Crippen molar-refractivity contribution in [2.45, 2.75) is 76.8 Å². The first kappa shape index (κ1) is 28.4. The number of fused-ring (bicyclic) bond motifs is 4. The highest BCUT2D eigenvalue weighted by Crippen LogP contribution is 2.69. The van der Waals surface area contributed by atoms with E-state index in [0.29, 0.717) is 37.7 Å². The number of alkyl halides is 1. The van der Waals surface area contributed by atoms with Gasteiger partial charge in [-0.15, -0.1) is 0 Å². The molecule has 0 amide bonds. The lowest BCUT2D eigenvalue weighted by molar-refractivity contribution is -0.136. The zero-order valence-electron chi connectivity index (χ0n) is 24.4. The lowest BCUT2D eigenvalue weighted by atomic mass is 9.48. The number of carbonyl (C=O) groups is 2. The number of methoxy groups -OCH3 is 1. The SMILES string of the molecule is COCC(=O)[C@@]1(C#CCO)CC[C@H]2[C@@H]3CC(F)C4=CC(=O)CCC4=C3C(c3ccc(N4CCCCC4)cc3)C[C@@]21C. The summed E-state index contributed by atoms with van der Waals surface area (Å²) in [6.45, 7) is 4.00. The Bertz CT molecular complexity index is 1330. The third-order valence-corrected chi connectivity index (χ3v) is 11.1. The Hall–Kier alpha value is -2.75.